The van der Waals surface area contributed by atoms with Crippen LogP contribution in [-0.2, 0) is 0 Å². The molecule has 2 atom stereocenters. The zero-order chi connectivity index (χ0) is 25.4. The second-order valence-electron chi connectivity index (χ2n) is 9.58. The van der Waals surface area contributed by atoms with Gasteiger partial charge in [0, 0.05) is 17.9 Å². The summed E-state index contributed by atoms with van der Waals surface area (Å²) in [5, 5.41) is 7.03. The van der Waals surface area contributed by atoms with Crippen LogP contribution in [0.4, 0.5) is 5.69 Å². The molecule has 1 fully saturated rings. The number of hydrogen-bond donors (Lipinski definition) is 2. The molecule has 0 saturated heterocycles. The van der Waals surface area contributed by atoms with Crippen LogP contribution in [0.3, 0.4) is 0 Å². The van der Waals surface area contributed by atoms with Gasteiger partial charge in [0.25, 0.3) is 0 Å². The van der Waals surface area contributed by atoms with E-state index in [1.165, 1.54) is 11.8 Å². The van der Waals surface area contributed by atoms with Crippen molar-refractivity contribution in [2.45, 2.75) is 80.4 Å². The fourth-order valence-corrected chi connectivity index (χ4v) is 4.06. The average Bonchev–Trinajstić information content (AvgIpc) is 3.11. The fourth-order valence-electron chi connectivity index (χ4n) is 4.06. The van der Waals surface area contributed by atoms with E-state index in [0.717, 1.165) is 52.5 Å². The SMILES string of the molecule is C=CN=C(Nc1ccc(C)cc1OC(C)C)C(N=C(C)C(=C)NC1CC(C)C/C1=C\C)=C(C)C. The molecule has 1 saturated carbocycles. The monoisotopic (exact) mass is 462 g/mol. The maximum atomic E-state index is 6.04. The quantitative estimate of drug-likeness (QED) is 0.229. The van der Waals surface area contributed by atoms with Gasteiger partial charge in [0.1, 0.15) is 11.4 Å². The Morgan fingerprint density at radius 3 is 2.53 bits per heavy atom. The molecule has 1 aromatic carbocycles. The molecule has 1 aliphatic carbocycles. The minimum Gasteiger partial charge on any atom is -0.489 e. The molecule has 0 amide bonds. The molecule has 5 nitrogen and oxygen atoms in total. The molecule has 2 rings (SSSR count). The molecule has 0 spiro atoms. The molecule has 2 unspecified atom stereocenters. The second kappa shape index (κ2) is 12.4. The van der Waals surface area contributed by atoms with Crippen LogP contribution in [0.1, 0.15) is 66.9 Å². The van der Waals surface area contributed by atoms with Crippen LogP contribution in [-0.4, -0.2) is 23.7 Å². The Balaban J connectivity index is 2.33. The zero-order valence-corrected chi connectivity index (χ0v) is 22.2. The van der Waals surface area contributed by atoms with Crippen molar-refractivity contribution in [2.75, 3.05) is 5.32 Å². The molecule has 34 heavy (non-hydrogen) atoms. The summed E-state index contributed by atoms with van der Waals surface area (Å²) in [5.41, 5.74) is 6.84. The molecule has 184 valence electrons. The van der Waals surface area contributed by atoms with Crippen LogP contribution in [0.15, 0.2) is 76.2 Å². The van der Waals surface area contributed by atoms with Crippen molar-refractivity contribution >= 4 is 17.2 Å². The summed E-state index contributed by atoms with van der Waals surface area (Å²) in [6.45, 7) is 24.6. The van der Waals surface area contributed by atoms with Crippen LogP contribution in [0.2, 0.25) is 0 Å². The summed E-state index contributed by atoms with van der Waals surface area (Å²) >= 11 is 0. The third kappa shape index (κ3) is 7.47. The van der Waals surface area contributed by atoms with E-state index >= 15 is 0 Å². The summed E-state index contributed by atoms with van der Waals surface area (Å²) in [7, 11) is 0. The Hall–Kier alpha value is -3.08. The lowest BCUT2D eigenvalue weighted by Crippen LogP contribution is -2.30. The van der Waals surface area contributed by atoms with E-state index in [4.69, 9.17) is 9.73 Å². The van der Waals surface area contributed by atoms with Crippen molar-refractivity contribution in [1.82, 2.24) is 5.32 Å². The van der Waals surface area contributed by atoms with Gasteiger partial charge in [0.05, 0.1) is 17.5 Å². The number of nitrogens with one attached hydrogen (secondary N) is 2. The molecule has 0 aromatic heterocycles. The molecule has 1 aromatic rings. The Bertz CT molecular complexity index is 1020. The second-order valence-corrected chi connectivity index (χ2v) is 9.58. The van der Waals surface area contributed by atoms with Gasteiger partial charge >= 0.3 is 0 Å². The van der Waals surface area contributed by atoms with Gasteiger partial charge < -0.3 is 15.4 Å². The van der Waals surface area contributed by atoms with E-state index in [0.29, 0.717) is 17.8 Å². The first kappa shape index (κ1) is 27.2. The summed E-state index contributed by atoms with van der Waals surface area (Å²) in [6.07, 6.45) is 6.05. The third-order valence-electron chi connectivity index (χ3n) is 5.78. The lowest BCUT2D eigenvalue weighted by molar-refractivity contribution is 0.243. The molecule has 2 N–H and O–H groups in total. The minimum atomic E-state index is 0.0556. The molecule has 0 aliphatic heterocycles. The van der Waals surface area contributed by atoms with Crippen molar-refractivity contribution in [1.29, 1.82) is 0 Å². The van der Waals surface area contributed by atoms with Crippen LogP contribution < -0.4 is 15.4 Å². The number of anilines is 1. The van der Waals surface area contributed by atoms with Gasteiger partial charge in [-0.25, -0.2) is 9.98 Å². The number of aliphatic imine (C=N–C) groups is 2. The summed E-state index contributed by atoms with van der Waals surface area (Å²) in [5.74, 6) is 2.07. The smallest absolute Gasteiger partial charge is 0.156 e. The van der Waals surface area contributed by atoms with Crippen LogP contribution in [0.25, 0.3) is 0 Å². The van der Waals surface area contributed by atoms with Crippen LogP contribution in [0, 0.1) is 12.8 Å². The number of rotatable bonds is 9. The van der Waals surface area contributed by atoms with Gasteiger partial charge in [-0.1, -0.05) is 37.8 Å². The van der Waals surface area contributed by atoms with Crippen molar-refractivity contribution in [3.8, 4) is 5.75 Å². The number of amidine groups is 1. The highest BCUT2D eigenvalue weighted by atomic mass is 16.5. The molecular formula is C29H42N4O. The summed E-state index contributed by atoms with van der Waals surface area (Å²) in [4.78, 5) is 9.47. The van der Waals surface area contributed by atoms with Crippen molar-refractivity contribution in [2.24, 2.45) is 15.9 Å². The highest BCUT2D eigenvalue weighted by molar-refractivity contribution is 6.11. The highest BCUT2D eigenvalue weighted by Crippen LogP contribution is 2.31. The van der Waals surface area contributed by atoms with E-state index in [1.807, 2.05) is 59.7 Å². The normalized spacial score (nSPS) is 19.9. The Morgan fingerprint density at radius 2 is 1.94 bits per heavy atom. The fraction of sp³-hybridized carbons (Fsp3) is 0.448. The summed E-state index contributed by atoms with van der Waals surface area (Å²) < 4.78 is 6.04. The standard InChI is InChI=1S/C29H42N4O/c1-11-24-15-21(8)16-26(24)31-22(9)23(10)32-28(18(3)4)29(30-12-2)33-25-14-13-20(7)17-27(25)34-19(5)6/h11-14,17,19,21,26,31H,2,9,15-16H2,1,3-8,10H3,(H,30,33)/b24-11+,32-23?. The van der Waals surface area contributed by atoms with E-state index in [9.17, 15) is 0 Å². The Kier molecular flexibility index (Phi) is 9.91. The predicted octanol–water partition coefficient (Wildman–Crippen LogP) is 7.34. The van der Waals surface area contributed by atoms with Gasteiger partial charge in [-0.05, 0) is 90.5 Å². The molecule has 0 radical (unpaired) electrons. The molecule has 5 heteroatoms. The van der Waals surface area contributed by atoms with Gasteiger partial charge in [-0.15, -0.1) is 0 Å². The zero-order valence-electron chi connectivity index (χ0n) is 22.2. The van der Waals surface area contributed by atoms with E-state index < -0.39 is 0 Å². The van der Waals surface area contributed by atoms with Crippen molar-refractivity contribution in [3.63, 3.8) is 0 Å². The van der Waals surface area contributed by atoms with Gasteiger partial charge in [-0.3, -0.25) is 0 Å². The van der Waals surface area contributed by atoms with E-state index in [1.54, 1.807) is 0 Å². The number of aryl methyl sites for hydroxylation is 1. The van der Waals surface area contributed by atoms with Gasteiger partial charge in [0.2, 0.25) is 0 Å². The number of hydrogen-bond acceptors (Lipinski definition) is 4. The number of nitrogens with zero attached hydrogens (tertiary/aromatic N) is 2. The molecule has 0 bridgehead atoms. The molecular weight excluding hydrogens is 420 g/mol. The van der Waals surface area contributed by atoms with Gasteiger partial charge in [-0.2, -0.15) is 0 Å². The first-order chi connectivity index (χ1) is 16.0. The van der Waals surface area contributed by atoms with Crippen LogP contribution in [0.5, 0.6) is 5.75 Å². The van der Waals surface area contributed by atoms with Gasteiger partial charge in [0.15, 0.2) is 5.84 Å². The number of allylic oxidation sites excluding steroid dienone is 3. The largest absolute Gasteiger partial charge is 0.489 e. The average molecular weight is 463 g/mol. The van der Waals surface area contributed by atoms with Crippen molar-refractivity contribution in [3.05, 3.63) is 71.7 Å². The van der Waals surface area contributed by atoms with E-state index in [-0.39, 0.29) is 6.10 Å². The lowest BCUT2D eigenvalue weighted by Gasteiger charge is -2.20. The molecule has 1 aliphatic rings. The van der Waals surface area contributed by atoms with E-state index in [2.05, 4.69) is 48.7 Å². The Morgan fingerprint density at radius 1 is 1.24 bits per heavy atom. The van der Waals surface area contributed by atoms with Crippen molar-refractivity contribution < 1.29 is 4.74 Å². The minimum absolute atomic E-state index is 0.0556. The lowest BCUT2D eigenvalue weighted by atomic mass is 10.1. The summed E-state index contributed by atoms with van der Waals surface area (Å²) in [6, 6.07) is 6.39. The molecule has 0 heterocycles. The number of benzene rings is 1. The number of ether oxygens (including phenoxy) is 1. The topological polar surface area (TPSA) is 58.0 Å². The third-order valence-corrected chi connectivity index (χ3v) is 5.78. The predicted molar refractivity (Wildman–Crippen MR) is 148 cm³/mol. The first-order valence-corrected chi connectivity index (χ1v) is 12.1. The van der Waals surface area contributed by atoms with Crippen LogP contribution >= 0.6 is 0 Å². The Labute approximate surface area is 206 Å². The maximum Gasteiger partial charge on any atom is 0.156 e. The highest BCUT2D eigenvalue weighted by Gasteiger charge is 2.26. The first-order valence-electron chi connectivity index (χ1n) is 12.1. The maximum absolute atomic E-state index is 6.04.